The van der Waals surface area contributed by atoms with Crippen LogP contribution in [-0.2, 0) is 9.53 Å². The van der Waals surface area contributed by atoms with Crippen molar-refractivity contribution < 1.29 is 24.5 Å². The van der Waals surface area contributed by atoms with E-state index in [-0.39, 0.29) is 25.7 Å². The van der Waals surface area contributed by atoms with Gasteiger partial charge in [0.1, 0.15) is 19.0 Å². The van der Waals surface area contributed by atoms with Gasteiger partial charge in [0.05, 0.1) is 12.7 Å². The molecule has 0 aliphatic heterocycles. The zero-order valence-corrected chi connectivity index (χ0v) is 12.6. The van der Waals surface area contributed by atoms with Crippen LogP contribution in [0.5, 0.6) is 5.75 Å². The third-order valence-electron chi connectivity index (χ3n) is 2.96. The fourth-order valence-corrected chi connectivity index (χ4v) is 1.75. The summed E-state index contributed by atoms with van der Waals surface area (Å²) < 4.78 is 10.1. The van der Waals surface area contributed by atoms with Crippen molar-refractivity contribution in [1.82, 2.24) is 0 Å². The Kier molecular flexibility index (Phi) is 7.96. The number of carbonyl (C=O) groups excluding carboxylic acids is 1. The third kappa shape index (κ3) is 6.11. The van der Waals surface area contributed by atoms with Gasteiger partial charge < -0.3 is 19.7 Å². The number of hydrogen-bond donors (Lipinski definition) is 2. The van der Waals surface area contributed by atoms with Crippen molar-refractivity contribution in [2.45, 2.75) is 13.0 Å². The first-order valence-corrected chi connectivity index (χ1v) is 7.06. The topological polar surface area (TPSA) is 76.0 Å². The van der Waals surface area contributed by atoms with Crippen LogP contribution in [0.3, 0.4) is 0 Å². The number of carbonyl (C=O) groups is 1. The van der Waals surface area contributed by atoms with E-state index in [9.17, 15) is 9.90 Å². The Morgan fingerprint density at radius 1 is 1.36 bits per heavy atom. The maximum atomic E-state index is 11.3. The molecule has 0 fully saturated rings. The summed E-state index contributed by atoms with van der Waals surface area (Å²) in [5.74, 6) is -0.0895. The summed E-state index contributed by atoms with van der Waals surface area (Å²) in [6.45, 7) is 5.60. The Morgan fingerprint density at radius 3 is 2.64 bits per heavy atom. The minimum atomic E-state index is -0.740. The van der Waals surface area contributed by atoms with Gasteiger partial charge in [0.2, 0.25) is 0 Å². The second kappa shape index (κ2) is 9.76. The first-order chi connectivity index (χ1) is 10.6. The van der Waals surface area contributed by atoms with Gasteiger partial charge in [-0.3, -0.25) is 0 Å². The molecule has 0 saturated carbocycles. The highest BCUT2D eigenvalue weighted by Gasteiger charge is 2.14. The maximum absolute atomic E-state index is 11.3. The van der Waals surface area contributed by atoms with Crippen molar-refractivity contribution in [3.05, 3.63) is 54.6 Å². The fraction of sp³-hybridized carbons (Fsp3) is 0.353. The minimum Gasteiger partial charge on any atom is -0.491 e. The quantitative estimate of drug-likeness (QED) is 0.415. The molecule has 120 valence electrons. The number of benzene rings is 1. The summed E-state index contributed by atoms with van der Waals surface area (Å²) in [6, 6.07) is 6.95. The summed E-state index contributed by atoms with van der Waals surface area (Å²) >= 11 is 0. The number of ether oxygens (including phenoxy) is 2. The van der Waals surface area contributed by atoms with E-state index in [2.05, 4.69) is 6.58 Å². The van der Waals surface area contributed by atoms with Crippen molar-refractivity contribution in [3.8, 4) is 5.75 Å². The second-order valence-electron chi connectivity index (χ2n) is 4.72. The van der Waals surface area contributed by atoms with Crippen LogP contribution >= 0.6 is 0 Å². The number of aliphatic hydroxyl groups is 2. The summed E-state index contributed by atoms with van der Waals surface area (Å²) in [5, 5.41) is 18.9. The standard InChI is InChI=1S/C17H22O5/c1-3-11-22-16(19)9-4-13(2)17(20)14-5-7-15(8-6-14)21-12-10-18/h3-9,13,17-18,20H,1,10-12H2,2H3/b9-4+/t13-,17+/m0/s1. The van der Waals surface area contributed by atoms with Crippen LogP contribution in [0.2, 0.25) is 0 Å². The predicted octanol–water partition coefficient (Wildman–Crippen LogP) is 2.01. The average molecular weight is 306 g/mol. The normalized spacial score (nSPS) is 13.6. The highest BCUT2D eigenvalue weighted by molar-refractivity contribution is 5.82. The third-order valence-corrected chi connectivity index (χ3v) is 2.96. The Balaban J connectivity index is 2.58. The fourth-order valence-electron chi connectivity index (χ4n) is 1.75. The molecule has 0 heterocycles. The Hall–Kier alpha value is -2.11. The first-order valence-electron chi connectivity index (χ1n) is 7.06. The molecule has 1 rings (SSSR count). The molecule has 0 spiro atoms. The van der Waals surface area contributed by atoms with Crippen molar-refractivity contribution >= 4 is 5.97 Å². The molecule has 0 aliphatic carbocycles. The Labute approximate surface area is 130 Å². The van der Waals surface area contributed by atoms with Crippen LogP contribution in [0.15, 0.2) is 49.1 Å². The van der Waals surface area contributed by atoms with Crippen LogP contribution in [-0.4, -0.2) is 36.0 Å². The first kappa shape index (κ1) is 17.9. The molecular formula is C17H22O5. The lowest BCUT2D eigenvalue weighted by Crippen LogP contribution is -2.08. The molecule has 5 nitrogen and oxygen atoms in total. The minimum absolute atomic E-state index is 0.0475. The van der Waals surface area contributed by atoms with E-state index < -0.39 is 12.1 Å². The van der Waals surface area contributed by atoms with Crippen LogP contribution < -0.4 is 4.74 Å². The van der Waals surface area contributed by atoms with Gasteiger partial charge in [-0.25, -0.2) is 4.79 Å². The lowest BCUT2D eigenvalue weighted by molar-refractivity contribution is -0.136. The van der Waals surface area contributed by atoms with E-state index in [1.807, 2.05) is 0 Å². The second-order valence-corrected chi connectivity index (χ2v) is 4.72. The van der Waals surface area contributed by atoms with Crippen LogP contribution in [0.1, 0.15) is 18.6 Å². The zero-order valence-electron chi connectivity index (χ0n) is 12.6. The van der Waals surface area contributed by atoms with E-state index in [4.69, 9.17) is 14.6 Å². The predicted molar refractivity (Wildman–Crippen MR) is 83.4 cm³/mol. The molecule has 5 heteroatoms. The summed E-state index contributed by atoms with van der Waals surface area (Å²) in [7, 11) is 0. The van der Waals surface area contributed by atoms with E-state index in [1.54, 1.807) is 37.3 Å². The number of esters is 1. The van der Waals surface area contributed by atoms with Crippen molar-refractivity contribution in [2.24, 2.45) is 5.92 Å². The van der Waals surface area contributed by atoms with E-state index in [1.165, 1.54) is 12.2 Å². The molecule has 1 aromatic rings. The summed E-state index contributed by atoms with van der Waals surface area (Å²) in [6.07, 6.45) is 3.66. The van der Waals surface area contributed by atoms with Gasteiger partial charge in [0, 0.05) is 12.0 Å². The Bertz CT molecular complexity index is 492. The zero-order chi connectivity index (χ0) is 16.4. The Morgan fingerprint density at radius 2 is 2.05 bits per heavy atom. The van der Waals surface area contributed by atoms with Crippen molar-refractivity contribution in [2.75, 3.05) is 19.8 Å². The van der Waals surface area contributed by atoms with Gasteiger partial charge in [-0.2, -0.15) is 0 Å². The summed E-state index contributed by atoms with van der Waals surface area (Å²) in [5.41, 5.74) is 0.716. The maximum Gasteiger partial charge on any atom is 0.330 e. The van der Waals surface area contributed by atoms with Gasteiger partial charge in [0.25, 0.3) is 0 Å². The largest absolute Gasteiger partial charge is 0.491 e. The highest BCUT2D eigenvalue weighted by atomic mass is 16.5. The molecule has 0 aromatic heterocycles. The van der Waals surface area contributed by atoms with Gasteiger partial charge in [-0.1, -0.05) is 37.8 Å². The lowest BCUT2D eigenvalue weighted by atomic mass is 9.97. The van der Waals surface area contributed by atoms with Crippen molar-refractivity contribution in [3.63, 3.8) is 0 Å². The van der Waals surface area contributed by atoms with E-state index >= 15 is 0 Å². The van der Waals surface area contributed by atoms with E-state index in [0.29, 0.717) is 11.3 Å². The smallest absolute Gasteiger partial charge is 0.330 e. The molecule has 2 atom stereocenters. The number of aliphatic hydroxyl groups excluding tert-OH is 2. The number of rotatable bonds is 9. The van der Waals surface area contributed by atoms with Crippen LogP contribution in [0.4, 0.5) is 0 Å². The molecule has 0 aliphatic rings. The van der Waals surface area contributed by atoms with Gasteiger partial charge in [0.15, 0.2) is 0 Å². The SMILES string of the molecule is C=CCOC(=O)/C=C/[C@H](C)[C@@H](O)c1ccc(OCCO)cc1. The molecule has 0 bridgehead atoms. The van der Waals surface area contributed by atoms with Crippen molar-refractivity contribution in [1.29, 1.82) is 0 Å². The highest BCUT2D eigenvalue weighted by Crippen LogP contribution is 2.24. The monoisotopic (exact) mass is 306 g/mol. The van der Waals surface area contributed by atoms with Crippen LogP contribution in [0, 0.1) is 5.92 Å². The molecule has 0 unspecified atom stereocenters. The van der Waals surface area contributed by atoms with Gasteiger partial charge in [-0.05, 0) is 17.7 Å². The molecule has 0 amide bonds. The lowest BCUT2D eigenvalue weighted by Gasteiger charge is -2.16. The molecule has 0 saturated heterocycles. The van der Waals surface area contributed by atoms with Gasteiger partial charge in [-0.15, -0.1) is 0 Å². The molecule has 0 radical (unpaired) electrons. The molecule has 22 heavy (non-hydrogen) atoms. The summed E-state index contributed by atoms with van der Waals surface area (Å²) in [4.78, 5) is 11.3. The van der Waals surface area contributed by atoms with Crippen LogP contribution in [0.25, 0.3) is 0 Å². The van der Waals surface area contributed by atoms with E-state index in [0.717, 1.165) is 0 Å². The molecule has 2 N–H and O–H groups in total. The average Bonchev–Trinajstić information content (AvgIpc) is 2.55. The molecule has 1 aromatic carbocycles. The molecular weight excluding hydrogens is 284 g/mol. The number of hydrogen-bond acceptors (Lipinski definition) is 5. The van der Waals surface area contributed by atoms with Gasteiger partial charge >= 0.3 is 5.97 Å².